The second-order valence-corrected chi connectivity index (χ2v) is 6.70. The van der Waals surface area contributed by atoms with E-state index in [0.717, 1.165) is 16.8 Å². The number of pyridine rings is 1. The molecular formula is C18H16N8OS. The Kier molecular flexibility index (Phi) is 5.11. The van der Waals surface area contributed by atoms with E-state index in [-0.39, 0.29) is 5.95 Å². The Bertz CT molecular complexity index is 1090. The molecule has 0 fully saturated rings. The van der Waals surface area contributed by atoms with Gasteiger partial charge in [-0.3, -0.25) is 4.98 Å². The molecule has 28 heavy (non-hydrogen) atoms. The molecule has 4 rings (SSSR count). The number of hydrogen-bond acceptors (Lipinski definition) is 10. The topological polar surface area (TPSA) is 129 Å². The molecule has 0 amide bonds. The maximum absolute atomic E-state index is 5.83. The lowest BCUT2D eigenvalue weighted by Gasteiger charge is -2.09. The van der Waals surface area contributed by atoms with E-state index in [2.05, 4.69) is 35.5 Å². The lowest BCUT2D eigenvalue weighted by molar-refractivity contribution is 0.465. The van der Waals surface area contributed by atoms with Gasteiger partial charge in [0.05, 0.1) is 11.3 Å². The molecule has 0 saturated heterocycles. The molecule has 0 spiro atoms. The molecule has 140 valence electrons. The van der Waals surface area contributed by atoms with Crippen LogP contribution >= 0.6 is 11.8 Å². The van der Waals surface area contributed by atoms with Gasteiger partial charge in [0.2, 0.25) is 17.8 Å². The molecule has 0 atom stereocenters. The van der Waals surface area contributed by atoms with Gasteiger partial charge in [-0.25, -0.2) is 0 Å². The molecule has 0 aliphatic rings. The number of hydrogen-bond donors (Lipinski definition) is 2. The zero-order chi connectivity index (χ0) is 19.3. The van der Waals surface area contributed by atoms with Gasteiger partial charge in [0.1, 0.15) is 5.82 Å². The van der Waals surface area contributed by atoms with E-state index in [1.54, 1.807) is 12.4 Å². The SMILES string of the molecule is Cc1ccccc1Nc1nc(N)nc(CSc2nnc(-c3cccnc3)o2)n1. The fourth-order valence-electron chi connectivity index (χ4n) is 2.39. The van der Waals surface area contributed by atoms with Gasteiger partial charge in [0.15, 0.2) is 0 Å². The van der Waals surface area contributed by atoms with Gasteiger partial charge >= 0.3 is 0 Å². The van der Waals surface area contributed by atoms with E-state index in [1.807, 2.05) is 43.3 Å². The molecule has 9 nitrogen and oxygen atoms in total. The maximum Gasteiger partial charge on any atom is 0.277 e. The van der Waals surface area contributed by atoms with Gasteiger partial charge < -0.3 is 15.5 Å². The number of nitrogens with zero attached hydrogens (tertiary/aromatic N) is 6. The third-order valence-corrected chi connectivity index (χ3v) is 4.54. The van der Waals surface area contributed by atoms with E-state index in [9.17, 15) is 0 Å². The summed E-state index contributed by atoms with van der Waals surface area (Å²) in [5.41, 5.74) is 8.57. The van der Waals surface area contributed by atoms with Crippen molar-refractivity contribution in [1.29, 1.82) is 0 Å². The van der Waals surface area contributed by atoms with Crippen LogP contribution in [0.2, 0.25) is 0 Å². The van der Waals surface area contributed by atoms with Gasteiger partial charge in [-0.15, -0.1) is 10.2 Å². The Hall–Kier alpha value is -3.53. The fraction of sp³-hybridized carbons (Fsp3) is 0.111. The lowest BCUT2D eigenvalue weighted by atomic mass is 10.2. The predicted molar refractivity (Wildman–Crippen MR) is 106 cm³/mol. The van der Waals surface area contributed by atoms with Crippen LogP contribution in [0.15, 0.2) is 58.4 Å². The van der Waals surface area contributed by atoms with Gasteiger partial charge in [-0.05, 0) is 30.7 Å². The summed E-state index contributed by atoms with van der Waals surface area (Å²) in [7, 11) is 0. The van der Waals surface area contributed by atoms with Crippen LogP contribution in [0.5, 0.6) is 0 Å². The summed E-state index contributed by atoms with van der Waals surface area (Å²) in [6.45, 7) is 2.00. The van der Waals surface area contributed by atoms with Crippen molar-refractivity contribution in [2.24, 2.45) is 0 Å². The molecular weight excluding hydrogens is 376 g/mol. The number of aryl methyl sites for hydroxylation is 1. The van der Waals surface area contributed by atoms with Crippen LogP contribution < -0.4 is 11.1 Å². The number of benzene rings is 1. The van der Waals surface area contributed by atoms with E-state index < -0.39 is 0 Å². The third kappa shape index (κ3) is 4.23. The molecule has 4 aromatic rings. The van der Waals surface area contributed by atoms with Crippen LogP contribution in [0.3, 0.4) is 0 Å². The molecule has 0 radical (unpaired) electrons. The van der Waals surface area contributed by atoms with E-state index in [1.165, 1.54) is 11.8 Å². The van der Waals surface area contributed by atoms with Gasteiger partial charge in [-0.2, -0.15) is 15.0 Å². The van der Waals surface area contributed by atoms with Crippen molar-refractivity contribution >= 4 is 29.3 Å². The summed E-state index contributed by atoms with van der Waals surface area (Å²) in [4.78, 5) is 16.8. The van der Waals surface area contributed by atoms with Crippen molar-refractivity contribution in [2.75, 3.05) is 11.1 Å². The number of aromatic nitrogens is 6. The van der Waals surface area contributed by atoms with E-state index in [0.29, 0.717) is 28.6 Å². The number of rotatable bonds is 6. The molecule has 0 unspecified atom stereocenters. The lowest BCUT2D eigenvalue weighted by Crippen LogP contribution is -2.07. The molecule has 0 saturated carbocycles. The fourth-order valence-corrected chi connectivity index (χ4v) is 3.01. The first kappa shape index (κ1) is 17.9. The largest absolute Gasteiger partial charge is 0.411 e. The van der Waals surface area contributed by atoms with Gasteiger partial charge in [0, 0.05) is 18.1 Å². The van der Waals surface area contributed by atoms with Crippen LogP contribution in [-0.4, -0.2) is 30.1 Å². The number of nitrogen functional groups attached to an aromatic ring is 1. The second-order valence-electron chi connectivity index (χ2n) is 5.78. The Morgan fingerprint density at radius 3 is 2.79 bits per heavy atom. The minimum atomic E-state index is 0.142. The molecule has 3 aromatic heterocycles. The normalized spacial score (nSPS) is 10.8. The van der Waals surface area contributed by atoms with E-state index in [4.69, 9.17) is 10.2 Å². The standard InChI is InChI=1S/C18H16N8OS/c1-11-5-2-3-7-13(11)21-17-23-14(22-16(19)24-17)10-28-18-26-25-15(27-18)12-6-4-8-20-9-12/h2-9H,10H2,1H3,(H3,19,21,22,23,24). The van der Waals surface area contributed by atoms with Crippen molar-refractivity contribution in [3.63, 3.8) is 0 Å². The van der Waals surface area contributed by atoms with Crippen LogP contribution in [0.1, 0.15) is 11.4 Å². The molecule has 1 aromatic carbocycles. The Labute approximate surface area is 164 Å². The first-order valence-electron chi connectivity index (χ1n) is 8.37. The van der Waals surface area contributed by atoms with Gasteiger partial charge in [-0.1, -0.05) is 30.0 Å². The first-order valence-corrected chi connectivity index (χ1v) is 9.36. The maximum atomic E-state index is 5.83. The van der Waals surface area contributed by atoms with E-state index >= 15 is 0 Å². The minimum absolute atomic E-state index is 0.142. The highest BCUT2D eigenvalue weighted by Crippen LogP contribution is 2.25. The molecule has 0 bridgehead atoms. The zero-order valence-electron chi connectivity index (χ0n) is 14.9. The number of anilines is 3. The molecule has 0 aliphatic carbocycles. The van der Waals surface area contributed by atoms with Crippen molar-refractivity contribution in [1.82, 2.24) is 30.1 Å². The second kappa shape index (κ2) is 8.01. The monoisotopic (exact) mass is 392 g/mol. The van der Waals surface area contributed by atoms with Gasteiger partial charge in [0.25, 0.3) is 5.22 Å². The average Bonchev–Trinajstić information content (AvgIpc) is 3.18. The minimum Gasteiger partial charge on any atom is -0.411 e. The Morgan fingerprint density at radius 2 is 1.96 bits per heavy atom. The number of para-hydroxylation sites is 1. The summed E-state index contributed by atoms with van der Waals surface area (Å²) < 4.78 is 5.65. The quantitative estimate of drug-likeness (QED) is 0.472. The molecule has 3 heterocycles. The number of nitrogens with one attached hydrogen (secondary N) is 1. The summed E-state index contributed by atoms with van der Waals surface area (Å²) in [5, 5.41) is 11.6. The van der Waals surface area contributed by atoms with Crippen molar-refractivity contribution in [3.8, 4) is 11.5 Å². The number of thioether (sulfide) groups is 1. The van der Waals surface area contributed by atoms with Crippen LogP contribution in [0.4, 0.5) is 17.6 Å². The Morgan fingerprint density at radius 1 is 1.07 bits per heavy atom. The summed E-state index contributed by atoms with van der Waals surface area (Å²) in [6, 6.07) is 11.5. The first-order chi connectivity index (χ1) is 13.7. The highest BCUT2D eigenvalue weighted by Gasteiger charge is 2.12. The molecule has 10 heteroatoms. The average molecular weight is 392 g/mol. The summed E-state index contributed by atoms with van der Waals surface area (Å²) in [5.74, 6) is 1.86. The highest BCUT2D eigenvalue weighted by molar-refractivity contribution is 7.98. The van der Waals surface area contributed by atoms with Crippen LogP contribution in [0.25, 0.3) is 11.5 Å². The summed E-state index contributed by atoms with van der Waals surface area (Å²) in [6.07, 6.45) is 3.35. The number of nitrogens with two attached hydrogens (primary N) is 1. The van der Waals surface area contributed by atoms with Crippen LogP contribution in [0, 0.1) is 6.92 Å². The van der Waals surface area contributed by atoms with Crippen molar-refractivity contribution in [3.05, 3.63) is 60.2 Å². The van der Waals surface area contributed by atoms with Crippen LogP contribution in [-0.2, 0) is 5.75 Å². The summed E-state index contributed by atoms with van der Waals surface area (Å²) >= 11 is 1.32. The predicted octanol–water partition coefficient (Wildman–Crippen LogP) is 3.24. The third-order valence-electron chi connectivity index (χ3n) is 3.73. The zero-order valence-corrected chi connectivity index (χ0v) is 15.7. The van der Waals surface area contributed by atoms with Crippen molar-refractivity contribution in [2.45, 2.75) is 17.9 Å². The van der Waals surface area contributed by atoms with Crippen molar-refractivity contribution < 1.29 is 4.42 Å². The molecule has 0 aliphatic heterocycles. The highest BCUT2D eigenvalue weighted by atomic mass is 32.2. The Balaban J connectivity index is 1.46. The smallest absolute Gasteiger partial charge is 0.277 e. The molecule has 3 N–H and O–H groups in total.